The summed E-state index contributed by atoms with van der Waals surface area (Å²) in [5.74, 6) is 0. The van der Waals surface area contributed by atoms with Crippen molar-refractivity contribution >= 4 is 16.5 Å². The molecule has 4 rings (SSSR count). The van der Waals surface area contributed by atoms with Crippen molar-refractivity contribution < 1.29 is 4.92 Å². The van der Waals surface area contributed by atoms with E-state index in [1.165, 1.54) is 11.1 Å². The van der Waals surface area contributed by atoms with Gasteiger partial charge in [-0.25, -0.2) is 0 Å². The minimum absolute atomic E-state index is 0.0759. The highest BCUT2D eigenvalue weighted by atomic mass is 16.6. The van der Waals surface area contributed by atoms with Gasteiger partial charge in [0.2, 0.25) is 0 Å². The molecule has 27 heavy (non-hydrogen) atoms. The zero-order valence-electron chi connectivity index (χ0n) is 16.4. The van der Waals surface area contributed by atoms with Gasteiger partial charge in [-0.15, -0.1) is 0 Å². The van der Waals surface area contributed by atoms with Crippen LogP contribution in [-0.4, -0.2) is 4.92 Å². The lowest BCUT2D eigenvalue weighted by molar-refractivity contribution is -0.382. The van der Waals surface area contributed by atoms with Crippen LogP contribution >= 0.6 is 0 Å². The molecule has 0 spiro atoms. The van der Waals surface area contributed by atoms with Crippen molar-refractivity contribution in [2.24, 2.45) is 0 Å². The molecule has 0 aromatic heterocycles. The van der Waals surface area contributed by atoms with Crippen molar-refractivity contribution in [3.05, 3.63) is 75.8 Å². The van der Waals surface area contributed by atoms with E-state index in [9.17, 15) is 10.1 Å². The zero-order valence-corrected chi connectivity index (χ0v) is 16.4. The molecule has 1 aliphatic rings. The molecule has 3 aromatic rings. The first-order valence-corrected chi connectivity index (χ1v) is 9.52. The van der Waals surface area contributed by atoms with Gasteiger partial charge in [0.25, 0.3) is 5.69 Å². The molecule has 0 radical (unpaired) electrons. The quantitative estimate of drug-likeness (QED) is 0.374. The van der Waals surface area contributed by atoms with Gasteiger partial charge in [-0.05, 0) is 57.9 Å². The van der Waals surface area contributed by atoms with Gasteiger partial charge in [-0.2, -0.15) is 0 Å². The van der Waals surface area contributed by atoms with E-state index in [1.54, 1.807) is 0 Å². The molecule has 0 unspecified atom stereocenters. The molecule has 0 N–H and O–H groups in total. The second-order valence-corrected chi connectivity index (χ2v) is 8.97. The molecule has 138 valence electrons. The molecular formula is C24H25NO2. The molecule has 3 heteroatoms. The van der Waals surface area contributed by atoms with Crippen LogP contribution in [0, 0.1) is 10.1 Å². The van der Waals surface area contributed by atoms with Gasteiger partial charge in [-0.1, -0.05) is 70.2 Å². The normalized spacial score (nSPS) is 17.5. The lowest BCUT2D eigenvalue weighted by Gasteiger charge is -2.42. The van der Waals surface area contributed by atoms with Gasteiger partial charge in [0.05, 0.1) is 15.9 Å². The van der Waals surface area contributed by atoms with E-state index in [-0.39, 0.29) is 21.4 Å². The Labute approximate surface area is 160 Å². The zero-order chi connectivity index (χ0) is 19.4. The fourth-order valence-corrected chi connectivity index (χ4v) is 4.44. The van der Waals surface area contributed by atoms with Crippen molar-refractivity contribution in [1.82, 2.24) is 0 Å². The fraction of sp³-hybridized carbons (Fsp3) is 0.333. The topological polar surface area (TPSA) is 43.1 Å². The van der Waals surface area contributed by atoms with Crippen LogP contribution in [0.2, 0.25) is 0 Å². The summed E-state index contributed by atoms with van der Waals surface area (Å²) in [5.41, 5.74) is 4.72. The largest absolute Gasteiger partial charge is 0.284 e. The second kappa shape index (κ2) is 5.91. The monoisotopic (exact) mass is 359 g/mol. The van der Waals surface area contributed by atoms with Crippen molar-refractivity contribution in [2.75, 3.05) is 0 Å². The molecule has 0 heterocycles. The number of nitro benzene ring substituents is 1. The molecule has 0 bridgehead atoms. The highest BCUT2D eigenvalue weighted by molar-refractivity contribution is 5.98. The number of fused-ring (bicyclic) bond motifs is 2. The smallest absolute Gasteiger partial charge is 0.258 e. The van der Waals surface area contributed by atoms with Crippen LogP contribution in [0.3, 0.4) is 0 Å². The van der Waals surface area contributed by atoms with Gasteiger partial charge in [0.1, 0.15) is 0 Å². The number of hydrogen-bond donors (Lipinski definition) is 0. The molecule has 0 aliphatic heterocycles. The first kappa shape index (κ1) is 17.7. The SMILES string of the molecule is CC1(C)CCC(C)(C)c2cc(-c3ccc4ccccc4c3[N+](=O)[O-])ccc21. The molecule has 1 aliphatic carbocycles. The Hall–Kier alpha value is -2.68. The number of rotatable bonds is 2. The number of nitro groups is 1. The maximum absolute atomic E-state index is 11.9. The molecule has 3 aromatic carbocycles. The highest BCUT2D eigenvalue weighted by Crippen LogP contribution is 2.47. The Morgan fingerprint density at radius 3 is 2.22 bits per heavy atom. The van der Waals surface area contributed by atoms with E-state index in [1.807, 2.05) is 36.4 Å². The summed E-state index contributed by atoms with van der Waals surface area (Å²) < 4.78 is 0. The highest BCUT2D eigenvalue weighted by Gasteiger charge is 2.37. The van der Waals surface area contributed by atoms with Crippen LogP contribution in [0.1, 0.15) is 51.7 Å². The van der Waals surface area contributed by atoms with Crippen molar-refractivity contribution in [3.8, 4) is 11.1 Å². The number of hydrogen-bond acceptors (Lipinski definition) is 2. The van der Waals surface area contributed by atoms with Crippen molar-refractivity contribution in [3.63, 3.8) is 0 Å². The maximum atomic E-state index is 11.9. The third kappa shape index (κ3) is 2.82. The van der Waals surface area contributed by atoms with E-state index < -0.39 is 0 Å². The molecule has 3 nitrogen and oxygen atoms in total. The third-order valence-electron chi connectivity index (χ3n) is 6.25. The van der Waals surface area contributed by atoms with E-state index in [4.69, 9.17) is 0 Å². The Bertz CT molecular complexity index is 1060. The van der Waals surface area contributed by atoms with Gasteiger partial charge in [-0.3, -0.25) is 10.1 Å². The summed E-state index contributed by atoms with van der Waals surface area (Å²) in [7, 11) is 0. The lowest BCUT2D eigenvalue weighted by atomic mass is 9.63. The second-order valence-electron chi connectivity index (χ2n) is 8.97. The first-order valence-electron chi connectivity index (χ1n) is 9.52. The van der Waals surface area contributed by atoms with E-state index in [0.29, 0.717) is 10.9 Å². The van der Waals surface area contributed by atoms with Gasteiger partial charge in [0.15, 0.2) is 0 Å². The van der Waals surface area contributed by atoms with E-state index in [0.717, 1.165) is 23.8 Å². The lowest BCUT2D eigenvalue weighted by Crippen LogP contribution is -2.33. The predicted octanol–water partition coefficient (Wildman–Crippen LogP) is 6.76. The van der Waals surface area contributed by atoms with E-state index in [2.05, 4.69) is 45.9 Å². The molecular weight excluding hydrogens is 334 g/mol. The average Bonchev–Trinajstić information content (AvgIpc) is 2.64. The predicted molar refractivity (Wildman–Crippen MR) is 111 cm³/mol. The van der Waals surface area contributed by atoms with E-state index >= 15 is 0 Å². The first-order chi connectivity index (χ1) is 12.7. The molecule has 0 fully saturated rings. The van der Waals surface area contributed by atoms with Gasteiger partial charge >= 0.3 is 0 Å². The van der Waals surface area contributed by atoms with Crippen molar-refractivity contribution in [2.45, 2.75) is 51.4 Å². The Balaban J connectivity index is 1.98. The van der Waals surface area contributed by atoms with Gasteiger partial charge < -0.3 is 0 Å². The summed E-state index contributed by atoms with van der Waals surface area (Å²) in [4.78, 5) is 11.7. The standard InChI is InChI=1S/C24H25NO2/c1-23(2)13-14-24(3,4)21-15-17(10-12-20(21)23)19-11-9-16-7-5-6-8-18(16)22(19)25(26)27/h5-12,15H,13-14H2,1-4H3. The summed E-state index contributed by atoms with van der Waals surface area (Å²) in [5, 5.41) is 13.5. The van der Waals surface area contributed by atoms with Crippen LogP contribution in [0.25, 0.3) is 21.9 Å². The molecule has 0 atom stereocenters. The number of benzene rings is 3. The van der Waals surface area contributed by atoms with Crippen LogP contribution in [-0.2, 0) is 10.8 Å². The van der Waals surface area contributed by atoms with Crippen LogP contribution in [0.15, 0.2) is 54.6 Å². The fourth-order valence-electron chi connectivity index (χ4n) is 4.44. The van der Waals surface area contributed by atoms with Gasteiger partial charge in [0, 0.05) is 0 Å². The minimum atomic E-state index is -0.244. The van der Waals surface area contributed by atoms with Crippen molar-refractivity contribution in [1.29, 1.82) is 0 Å². The molecule has 0 amide bonds. The summed E-state index contributed by atoms with van der Waals surface area (Å²) in [6.07, 6.45) is 2.28. The average molecular weight is 359 g/mol. The summed E-state index contributed by atoms with van der Waals surface area (Å²) in [6.45, 7) is 9.14. The Morgan fingerprint density at radius 1 is 0.852 bits per heavy atom. The minimum Gasteiger partial charge on any atom is -0.258 e. The summed E-state index contributed by atoms with van der Waals surface area (Å²) in [6, 6.07) is 17.8. The maximum Gasteiger partial charge on any atom is 0.284 e. The molecule has 0 saturated heterocycles. The number of nitrogens with zero attached hydrogens (tertiary/aromatic N) is 1. The van der Waals surface area contributed by atoms with Crippen LogP contribution < -0.4 is 0 Å². The Kier molecular flexibility index (Phi) is 3.88. The third-order valence-corrected chi connectivity index (χ3v) is 6.25. The summed E-state index contributed by atoms with van der Waals surface area (Å²) >= 11 is 0. The van der Waals surface area contributed by atoms with Crippen LogP contribution in [0.4, 0.5) is 5.69 Å². The molecule has 0 saturated carbocycles. The Morgan fingerprint density at radius 2 is 1.52 bits per heavy atom. The van der Waals surface area contributed by atoms with Crippen LogP contribution in [0.5, 0.6) is 0 Å².